The van der Waals surface area contributed by atoms with Crippen LogP contribution in [0.15, 0.2) is 30.3 Å². The van der Waals surface area contributed by atoms with Crippen molar-refractivity contribution in [2.75, 3.05) is 13.2 Å². The predicted molar refractivity (Wildman–Crippen MR) is 99.7 cm³/mol. The minimum atomic E-state index is -0.921. The number of carboxylic acids is 1. The molecule has 1 fully saturated rings. The predicted octanol–water partition coefficient (Wildman–Crippen LogP) is 2.30. The van der Waals surface area contributed by atoms with Gasteiger partial charge >= 0.3 is 5.97 Å². The van der Waals surface area contributed by atoms with Crippen molar-refractivity contribution in [2.45, 2.75) is 45.2 Å². The van der Waals surface area contributed by atoms with Gasteiger partial charge in [-0.2, -0.15) is 5.10 Å². The summed E-state index contributed by atoms with van der Waals surface area (Å²) in [6.07, 6.45) is 0.889. The second kappa shape index (κ2) is 7.92. The van der Waals surface area contributed by atoms with Gasteiger partial charge in [-0.05, 0) is 50.5 Å². The van der Waals surface area contributed by atoms with E-state index in [4.69, 9.17) is 4.74 Å². The van der Waals surface area contributed by atoms with E-state index in [2.05, 4.69) is 10.4 Å². The molecule has 2 heterocycles. The molecule has 2 N–H and O–H groups in total. The first-order valence-electron chi connectivity index (χ1n) is 9.09. The molecule has 0 saturated carbocycles. The average molecular weight is 371 g/mol. The zero-order valence-corrected chi connectivity index (χ0v) is 15.7. The second-order valence-corrected chi connectivity index (χ2v) is 7.20. The second-order valence-electron chi connectivity index (χ2n) is 7.20. The van der Waals surface area contributed by atoms with E-state index in [0.717, 1.165) is 17.0 Å². The van der Waals surface area contributed by atoms with Crippen molar-refractivity contribution in [3.05, 3.63) is 52.8 Å². The third-order valence-corrected chi connectivity index (χ3v) is 4.94. The third-order valence-electron chi connectivity index (χ3n) is 4.94. The number of benzene rings is 1. The van der Waals surface area contributed by atoms with Crippen molar-refractivity contribution in [1.82, 2.24) is 15.1 Å². The number of nitrogens with one attached hydrogen (secondary N) is 1. The van der Waals surface area contributed by atoms with E-state index < -0.39 is 11.5 Å². The Kier molecular flexibility index (Phi) is 5.60. The van der Waals surface area contributed by atoms with E-state index >= 15 is 0 Å². The lowest BCUT2D eigenvalue weighted by atomic mass is 9.86. The summed E-state index contributed by atoms with van der Waals surface area (Å²) in [5, 5.41) is 16.7. The minimum absolute atomic E-state index is 0.104. The molecular weight excluding hydrogens is 346 g/mol. The van der Waals surface area contributed by atoms with Gasteiger partial charge in [0.05, 0.1) is 24.2 Å². The first-order chi connectivity index (χ1) is 12.9. The topological polar surface area (TPSA) is 93.5 Å². The molecule has 0 unspecified atom stereocenters. The molecule has 0 bridgehead atoms. The number of aromatic nitrogens is 2. The van der Waals surface area contributed by atoms with Crippen LogP contribution in [-0.2, 0) is 16.1 Å². The van der Waals surface area contributed by atoms with Crippen LogP contribution in [-0.4, -0.2) is 45.5 Å². The molecule has 7 heteroatoms. The van der Waals surface area contributed by atoms with Crippen LogP contribution in [0.25, 0.3) is 0 Å². The van der Waals surface area contributed by atoms with Crippen molar-refractivity contribution < 1.29 is 19.4 Å². The zero-order valence-electron chi connectivity index (χ0n) is 15.7. The van der Waals surface area contributed by atoms with E-state index in [1.165, 1.54) is 0 Å². The molecular formula is C20H25N3O4. The number of amides is 1. The van der Waals surface area contributed by atoms with Crippen LogP contribution in [0.1, 0.15) is 46.6 Å². The quantitative estimate of drug-likeness (QED) is 0.813. The lowest BCUT2D eigenvalue weighted by Gasteiger charge is -2.36. The van der Waals surface area contributed by atoms with Gasteiger partial charge in [-0.15, -0.1) is 0 Å². The number of rotatable bonds is 6. The van der Waals surface area contributed by atoms with Gasteiger partial charge in [-0.25, -0.2) is 0 Å². The monoisotopic (exact) mass is 371 g/mol. The molecule has 1 aliphatic rings. The standard InChI is InChI=1S/C20H25N3O4/c1-14-10-15(2)23(22-14)13-16-4-3-5-17(11-16)19(26)21-20(12-18(24)25)6-8-27-9-7-20/h3-5,10-11H,6-9,12-13H2,1-2H3,(H,21,26)(H,24,25). The number of hydrogen-bond donors (Lipinski definition) is 2. The Balaban J connectivity index is 1.76. The SMILES string of the molecule is Cc1cc(C)n(Cc2cccc(C(=O)NC3(CC(=O)O)CCOCC3)c2)n1. The Labute approximate surface area is 158 Å². The third kappa shape index (κ3) is 4.74. The van der Waals surface area contributed by atoms with Gasteiger partial charge in [-0.1, -0.05) is 12.1 Å². The molecule has 2 aromatic rings. The molecule has 3 rings (SSSR count). The number of aryl methyl sites for hydroxylation is 2. The Hall–Kier alpha value is -2.67. The highest BCUT2D eigenvalue weighted by atomic mass is 16.5. The highest BCUT2D eigenvalue weighted by Crippen LogP contribution is 2.25. The van der Waals surface area contributed by atoms with E-state index in [-0.39, 0.29) is 12.3 Å². The largest absolute Gasteiger partial charge is 0.481 e. The molecule has 27 heavy (non-hydrogen) atoms. The number of carbonyl (C=O) groups excluding carboxylic acids is 1. The summed E-state index contributed by atoms with van der Waals surface area (Å²) in [5.74, 6) is -1.18. The van der Waals surface area contributed by atoms with E-state index in [1.54, 1.807) is 6.07 Å². The summed E-state index contributed by atoms with van der Waals surface area (Å²) in [7, 11) is 0. The van der Waals surface area contributed by atoms with Gasteiger partial charge in [-0.3, -0.25) is 14.3 Å². The maximum Gasteiger partial charge on any atom is 0.305 e. The molecule has 144 valence electrons. The van der Waals surface area contributed by atoms with Crippen molar-refractivity contribution in [3.63, 3.8) is 0 Å². The lowest BCUT2D eigenvalue weighted by Crippen LogP contribution is -2.53. The highest BCUT2D eigenvalue weighted by molar-refractivity contribution is 5.95. The molecule has 0 atom stereocenters. The first-order valence-corrected chi connectivity index (χ1v) is 9.09. The van der Waals surface area contributed by atoms with E-state index in [0.29, 0.717) is 38.2 Å². The molecule has 0 spiro atoms. The van der Waals surface area contributed by atoms with Crippen LogP contribution in [0.3, 0.4) is 0 Å². The molecule has 1 amide bonds. The zero-order chi connectivity index (χ0) is 19.4. The molecule has 1 saturated heterocycles. The molecule has 1 aromatic heterocycles. The fourth-order valence-electron chi connectivity index (χ4n) is 3.53. The van der Waals surface area contributed by atoms with Gasteiger partial charge in [0.2, 0.25) is 0 Å². The Bertz CT molecular complexity index is 838. The fraction of sp³-hybridized carbons (Fsp3) is 0.450. The minimum Gasteiger partial charge on any atom is -0.481 e. The molecule has 7 nitrogen and oxygen atoms in total. The Morgan fingerprint density at radius 3 is 2.63 bits per heavy atom. The molecule has 1 aliphatic heterocycles. The smallest absolute Gasteiger partial charge is 0.305 e. The van der Waals surface area contributed by atoms with Crippen LogP contribution < -0.4 is 5.32 Å². The average Bonchev–Trinajstić information content (AvgIpc) is 2.92. The highest BCUT2D eigenvalue weighted by Gasteiger charge is 2.36. The summed E-state index contributed by atoms with van der Waals surface area (Å²) in [4.78, 5) is 24.1. The van der Waals surface area contributed by atoms with Crippen molar-refractivity contribution in [1.29, 1.82) is 0 Å². The fourth-order valence-corrected chi connectivity index (χ4v) is 3.53. The van der Waals surface area contributed by atoms with E-state index in [9.17, 15) is 14.7 Å². The molecule has 1 aromatic carbocycles. The lowest BCUT2D eigenvalue weighted by molar-refractivity contribution is -0.139. The van der Waals surface area contributed by atoms with Gasteiger partial charge in [0.1, 0.15) is 0 Å². The normalized spacial score (nSPS) is 16.1. The number of aliphatic carboxylic acids is 1. The Morgan fingerprint density at radius 1 is 1.26 bits per heavy atom. The number of carboxylic acid groups (broad SMARTS) is 1. The number of ether oxygens (including phenoxy) is 1. The summed E-state index contributed by atoms with van der Waals surface area (Å²) in [5.41, 5.74) is 2.74. The number of hydrogen-bond acceptors (Lipinski definition) is 4. The maximum atomic E-state index is 12.8. The van der Waals surface area contributed by atoms with Crippen molar-refractivity contribution in [3.8, 4) is 0 Å². The summed E-state index contributed by atoms with van der Waals surface area (Å²) in [6.45, 7) is 5.42. The van der Waals surface area contributed by atoms with Gasteiger partial charge in [0, 0.05) is 24.5 Å². The van der Waals surface area contributed by atoms with Crippen LogP contribution in [0.5, 0.6) is 0 Å². The van der Waals surface area contributed by atoms with Gasteiger partial charge in [0.25, 0.3) is 5.91 Å². The van der Waals surface area contributed by atoms with Crippen LogP contribution in [0, 0.1) is 13.8 Å². The number of nitrogens with zero attached hydrogens (tertiary/aromatic N) is 2. The van der Waals surface area contributed by atoms with E-state index in [1.807, 2.05) is 42.8 Å². The molecule has 0 radical (unpaired) electrons. The first kappa shape index (κ1) is 19.1. The van der Waals surface area contributed by atoms with Crippen LogP contribution >= 0.6 is 0 Å². The van der Waals surface area contributed by atoms with Gasteiger partial charge < -0.3 is 15.2 Å². The summed E-state index contributed by atoms with van der Waals surface area (Å²) >= 11 is 0. The Morgan fingerprint density at radius 2 is 2.00 bits per heavy atom. The number of carbonyl (C=O) groups is 2. The van der Waals surface area contributed by atoms with Crippen LogP contribution in [0.4, 0.5) is 0 Å². The summed E-state index contributed by atoms with van der Waals surface area (Å²) < 4.78 is 7.24. The molecule has 0 aliphatic carbocycles. The summed E-state index contributed by atoms with van der Waals surface area (Å²) in [6, 6.07) is 9.38. The van der Waals surface area contributed by atoms with Crippen LogP contribution in [0.2, 0.25) is 0 Å². The maximum absolute atomic E-state index is 12.8. The van der Waals surface area contributed by atoms with Crippen molar-refractivity contribution in [2.24, 2.45) is 0 Å². The van der Waals surface area contributed by atoms with Gasteiger partial charge in [0.15, 0.2) is 0 Å². The van der Waals surface area contributed by atoms with Crippen molar-refractivity contribution >= 4 is 11.9 Å².